The third kappa shape index (κ3) is 3.74. The molecule has 3 N–H and O–H groups in total. The molecule has 156 valence electrons. The van der Waals surface area contributed by atoms with Crippen LogP contribution in [0.25, 0.3) is 0 Å². The summed E-state index contributed by atoms with van der Waals surface area (Å²) >= 11 is 2.53. The molecule has 29 heavy (non-hydrogen) atoms. The van der Waals surface area contributed by atoms with Crippen molar-refractivity contribution in [1.29, 1.82) is 0 Å². The summed E-state index contributed by atoms with van der Waals surface area (Å²) in [7, 11) is -3.72. The van der Waals surface area contributed by atoms with Crippen LogP contribution in [-0.2, 0) is 27.7 Å². The zero-order valence-electron chi connectivity index (χ0n) is 16.0. The monoisotopic (exact) mass is 453 g/mol. The Balaban J connectivity index is 1.60. The maximum Gasteiger partial charge on any atom is 0.253 e. The number of hydrogen-bond donors (Lipinski definition) is 2. The first-order valence-corrected chi connectivity index (χ1v) is 12.7. The van der Waals surface area contributed by atoms with E-state index < -0.39 is 27.9 Å². The van der Waals surface area contributed by atoms with Crippen LogP contribution in [0.4, 0.5) is 5.00 Å². The summed E-state index contributed by atoms with van der Waals surface area (Å²) in [5.41, 5.74) is 6.94. The Kier molecular flexibility index (Phi) is 5.54. The van der Waals surface area contributed by atoms with Crippen molar-refractivity contribution in [2.45, 2.75) is 49.3 Å². The van der Waals surface area contributed by atoms with Crippen molar-refractivity contribution in [3.8, 4) is 0 Å². The molecule has 7 nitrogen and oxygen atoms in total. The molecule has 4 rings (SSSR count). The second-order valence-electron chi connectivity index (χ2n) is 7.62. The Hall–Kier alpha value is -1.75. The molecule has 2 aromatic heterocycles. The maximum absolute atomic E-state index is 13.0. The van der Waals surface area contributed by atoms with Crippen LogP contribution in [0.1, 0.15) is 47.0 Å². The molecule has 0 spiro atoms. The molecule has 1 saturated heterocycles. The van der Waals surface area contributed by atoms with Crippen LogP contribution in [0.2, 0.25) is 0 Å². The van der Waals surface area contributed by atoms with Crippen molar-refractivity contribution in [3.05, 3.63) is 33.5 Å². The third-order valence-corrected chi connectivity index (χ3v) is 10.0. The van der Waals surface area contributed by atoms with Gasteiger partial charge in [0.25, 0.3) is 15.9 Å². The predicted molar refractivity (Wildman–Crippen MR) is 114 cm³/mol. The minimum absolute atomic E-state index is 0.232. The number of sulfonamides is 1. The zero-order chi connectivity index (χ0) is 20.8. The Labute approximate surface area is 178 Å². The van der Waals surface area contributed by atoms with Crippen LogP contribution < -0.4 is 11.1 Å². The lowest BCUT2D eigenvalue weighted by atomic mass is 9.88. The predicted octanol–water partition coefficient (Wildman–Crippen LogP) is 2.83. The van der Waals surface area contributed by atoms with Gasteiger partial charge in [0.05, 0.1) is 5.56 Å². The topological polar surface area (TPSA) is 110 Å². The number of primary amides is 1. The van der Waals surface area contributed by atoms with E-state index in [1.165, 1.54) is 15.6 Å². The minimum atomic E-state index is -3.72. The number of hydrogen-bond acceptors (Lipinski definition) is 6. The molecule has 2 unspecified atom stereocenters. The van der Waals surface area contributed by atoms with Gasteiger partial charge in [0.2, 0.25) is 5.91 Å². The Morgan fingerprint density at radius 3 is 2.79 bits per heavy atom. The molecule has 0 aromatic carbocycles. The molecule has 1 fully saturated rings. The number of nitrogens with zero attached hydrogens (tertiary/aromatic N) is 1. The van der Waals surface area contributed by atoms with Gasteiger partial charge in [-0.2, -0.15) is 4.31 Å². The molecule has 1 aliphatic heterocycles. The number of anilines is 1. The first-order valence-electron chi connectivity index (χ1n) is 9.59. The molecule has 2 atom stereocenters. The number of rotatable bonds is 5. The normalized spacial score (nSPS) is 22.4. The van der Waals surface area contributed by atoms with E-state index in [1.54, 1.807) is 17.5 Å². The quantitative estimate of drug-likeness (QED) is 0.725. The molecule has 2 amide bonds. The molecule has 0 radical (unpaired) electrons. The van der Waals surface area contributed by atoms with Gasteiger partial charge < -0.3 is 11.1 Å². The van der Waals surface area contributed by atoms with E-state index in [0.717, 1.165) is 41.0 Å². The summed E-state index contributed by atoms with van der Waals surface area (Å²) in [5.74, 6) is -0.440. The molecular weight excluding hydrogens is 430 g/mol. The number of carbonyl (C=O) groups excluding carboxylic acids is 2. The van der Waals surface area contributed by atoms with Crippen LogP contribution in [0.5, 0.6) is 0 Å². The molecule has 2 aromatic rings. The van der Waals surface area contributed by atoms with Crippen molar-refractivity contribution >= 4 is 49.5 Å². The summed E-state index contributed by atoms with van der Waals surface area (Å²) in [6.45, 7) is 2.47. The van der Waals surface area contributed by atoms with E-state index in [0.29, 0.717) is 35.9 Å². The van der Waals surface area contributed by atoms with Crippen LogP contribution in [0.3, 0.4) is 0 Å². The highest BCUT2D eigenvalue weighted by molar-refractivity contribution is 7.91. The van der Waals surface area contributed by atoms with Gasteiger partial charge >= 0.3 is 0 Å². The molecule has 3 heterocycles. The number of nitrogens with two attached hydrogens (primary N) is 1. The fourth-order valence-corrected chi connectivity index (χ4v) is 8.31. The van der Waals surface area contributed by atoms with E-state index >= 15 is 0 Å². The molecule has 2 aliphatic rings. The van der Waals surface area contributed by atoms with E-state index in [4.69, 9.17) is 5.73 Å². The van der Waals surface area contributed by atoms with Crippen LogP contribution >= 0.6 is 22.7 Å². The van der Waals surface area contributed by atoms with Crippen molar-refractivity contribution in [2.24, 2.45) is 11.7 Å². The maximum atomic E-state index is 13.0. The smallest absolute Gasteiger partial charge is 0.253 e. The molecule has 0 saturated carbocycles. The van der Waals surface area contributed by atoms with Gasteiger partial charge in [0, 0.05) is 11.4 Å². The third-order valence-electron chi connectivity index (χ3n) is 5.56. The first kappa shape index (κ1) is 20.5. The first-order chi connectivity index (χ1) is 13.8. The van der Waals surface area contributed by atoms with Crippen molar-refractivity contribution in [2.75, 3.05) is 11.9 Å². The number of thiophene rings is 2. The number of nitrogens with one attached hydrogen (secondary N) is 1. The number of amides is 2. The number of carbonyl (C=O) groups is 2. The summed E-state index contributed by atoms with van der Waals surface area (Å²) < 4.78 is 27.3. The molecule has 10 heteroatoms. The van der Waals surface area contributed by atoms with Gasteiger partial charge in [0.15, 0.2) is 0 Å². The highest BCUT2D eigenvalue weighted by Crippen LogP contribution is 2.40. The molecular formula is C19H23N3O4S3. The van der Waals surface area contributed by atoms with Crippen LogP contribution in [0, 0.1) is 5.92 Å². The van der Waals surface area contributed by atoms with Crippen LogP contribution in [-0.4, -0.2) is 37.1 Å². The van der Waals surface area contributed by atoms with Gasteiger partial charge in [0.1, 0.15) is 15.3 Å². The van der Waals surface area contributed by atoms with E-state index in [1.807, 2.05) is 0 Å². The minimum Gasteiger partial charge on any atom is -0.365 e. The van der Waals surface area contributed by atoms with Gasteiger partial charge in [-0.05, 0) is 55.0 Å². The Morgan fingerprint density at radius 2 is 2.10 bits per heavy atom. The summed E-state index contributed by atoms with van der Waals surface area (Å²) in [5, 5.41) is 4.98. The van der Waals surface area contributed by atoms with Crippen LogP contribution in [0.15, 0.2) is 21.7 Å². The standard InChI is InChI=1S/C19H23N3O4S3/c1-11-6-7-12-14(10-11)28-19(16(12)17(20)23)21-18(24)13-4-2-8-22(13)29(25,26)15-5-3-9-27-15/h3,5,9,11,13H,2,4,6-8,10H2,1H3,(H2,20,23)(H,21,24). The van der Waals surface area contributed by atoms with E-state index in [2.05, 4.69) is 12.2 Å². The van der Waals surface area contributed by atoms with Gasteiger partial charge in [-0.3, -0.25) is 9.59 Å². The summed E-state index contributed by atoms with van der Waals surface area (Å²) in [6.07, 6.45) is 3.67. The lowest BCUT2D eigenvalue weighted by Crippen LogP contribution is -2.43. The number of fused-ring (bicyclic) bond motifs is 1. The second-order valence-corrected chi connectivity index (χ2v) is 11.8. The average molecular weight is 454 g/mol. The SMILES string of the molecule is CC1CCc2c(sc(NC(=O)C3CCCN3S(=O)(=O)c3cccs3)c2C(N)=O)C1. The molecule has 1 aliphatic carbocycles. The highest BCUT2D eigenvalue weighted by atomic mass is 32.2. The van der Waals surface area contributed by atoms with E-state index in [9.17, 15) is 18.0 Å². The fourth-order valence-electron chi connectivity index (χ4n) is 4.11. The van der Waals surface area contributed by atoms with Gasteiger partial charge in [-0.15, -0.1) is 22.7 Å². The van der Waals surface area contributed by atoms with Crippen molar-refractivity contribution < 1.29 is 18.0 Å². The Bertz CT molecular complexity index is 1040. The van der Waals surface area contributed by atoms with Crippen molar-refractivity contribution in [3.63, 3.8) is 0 Å². The largest absolute Gasteiger partial charge is 0.365 e. The van der Waals surface area contributed by atoms with Gasteiger partial charge in [-0.25, -0.2) is 8.42 Å². The fraction of sp³-hybridized carbons (Fsp3) is 0.474. The van der Waals surface area contributed by atoms with E-state index in [-0.39, 0.29) is 4.21 Å². The lowest BCUT2D eigenvalue weighted by Gasteiger charge is -2.22. The summed E-state index contributed by atoms with van der Waals surface area (Å²) in [4.78, 5) is 26.2. The van der Waals surface area contributed by atoms with Gasteiger partial charge in [-0.1, -0.05) is 13.0 Å². The van der Waals surface area contributed by atoms with Crippen molar-refractivity contribution in [1.82, 2.24) is 4.31 Å². The Morgan fingerprint density at radius 1 is 1.31 bits per heavy atom. The highest BCUT2D eigenvalue weighted by Gasteiger charge is 2.40. The second kappa shape index (κ2) is 7.82. The summed E-state index contributed by atoms with van der Waals surface area (Å²) in [6, 6.07) is 2.44. The lowest BCUT2D eigenvalue weighted by molar-refractivity contribution is -0.119. The average Bonchev–Trinajstić information content (AvgIpc) is 3.40. The molecule has 0 bridgehead atoms. The zero-order valence-corrected chi connectivity index (χ0v) is 18.5.